The summed E-state index contributed by atoms with van der Waals surface area (Å²) in [6.45, 7) is 0.439. The van der Waals surface area contributed by atoms with Gasteiger partial charge >= 0.3 is 5.97 Å². The summed E-state index contributed by atoms with van der Waals surface area (Å²) in [5.41, 5.74) is 3.34. The second kappa shape index (κ2) is 9.64. The third-order valence-electron chi connectivity index (χ3n) is 5.67. The fraction of sp³-hybridized carbons (Fsp3) is 0.333. The van der Waals surface area contributed by atoms with E-state index in [1.807, 2.05) is 48.5 Å². The van der Waals surface area contributed by atoms with Crippen molar-refractivity contribution in [2.24, 2.45) is 11.8 Å². The minimum Gasteiger partial charge on any atom is -0.497 e. The Hall–Kier alpha value is -3.68. The van der Waals surface area contributed by atoms with Crippen LogP contribution in [0, 0.1) is 11.8 Å². The number of nitrogens with zero attached hydrogens (tertiary/aromatic N) is 3. The van der Waals surface area contributed by atoms with E-state index < -0.39 is 11.9 Å². The molecule has 0 aliphatic heterocycles. The molecule has 0 radical (unpaired) electrons. The summed E-state index contributed by atoms with van der Waals surface area (Å²) >= 11 is 0. The molecule has 1 fully saturated rings. The van der Waals surface area contributed by atoms with Crippen molar-refractivity contribution in [2.45, 2.75) is 32.2 Å². The summed E-state index contributed by atoms with van der Waals surface area (Å²) in [5, 5.41) is 20.6. The molecule has 4 rings (SSSR count). The molecule has 1 aromatic heterocycles. The average molecular weight is 434 g/mol. The van der Waals surface area contributed by atoms with Gasteiger partial charge in [0.15, 0.2) is 0 Å². The first-order valence-corrected chi connectivity index (χ1v) is 10.6. The van der Waals surface area contributed by atoms with Gasteiger partial charge in [-0.3, -0.25) is 9.59 Å². The van der Waals surface area contributed by atoms with Crippen molar-refractivity contribution in [3.8, 4) is 11.4 Å². The number of aliphatic carboxylic acids is 1. The maximum atomic E-state index is 12.3. The van der Waals surface area contributed by atoms with Crippen LogP contribution in [-0.2, 0) is 29.0 Å². The van der Waals surface area contributed by atoms with Gasteiger partial charge in [0.05, 0.1) is 37.0 Å². The Labute approximate surface area is 186 Å². The summed E-state index contributed by atoms with van der Waals surface area (Å²) in [6, 6.07) is 15.1. The predicted molar refractivity (Wildman–Crippen MR) is 117 cm³/mol. The Morgan fingerprint density at radius 3 is 2.66 bits per heavy atom. The molecule has 2 aromatic carbocycles. The molecule has 0 spiro atoms. The van der Waals surface area contributed by atoms with Crippen molar-refractivity contribution in [3.05, 3.63) is 71.5 Å². The molecule has 1 aliphatic rings. The zero-order valence-electron chi connectivity index (χ0n) is 17.9. The predicted octanol–water partition coefficient (Wildman–Crippen LogP) is 2.79. The lowest BCUT2D eigenvalue weighted by atomic mass is 9.98. The van der Waals surface area contributed by atoms with Gasteiger partial charge in [-0.05, 0) is 54.2 Å². The van der Waals surface area contributed by atoms with Crippen molar-refractivity contribution in [3.63, 3.8) is 0 Å². The molecule has 1 atom stereocenters. The van der Waals surface area contributed by atoms with Gasteiger partial charge in [0.2, 0.25) is 5.91 Å². The first kappa shape index (κ1) is 21.5. The van der Waals surface area contributed by atoms with E-state index in [1.54, 1.807) is 18.0 Å². The second-order valence-corrected chi connectivity index (χ2v) is 8.11. The van der Waals surface area contributed by atoms with Crippen molar-refractivity contribution >= 4 is 11.9 Å². The molecular weight excluding hydrogens is 408 g/mol. The Balaban J connectivity index is 1.31. The number of amides is 1. The van der Waals surface area contributed by atoms with Gasteiger partial charge in [-0.1, -0.05) is 29.5 Å². The van der Waals surface area contributed by atoms with E-state index in [9.17, 15) is 14.7 Å². The van der Waals surface area contributed by atoms with E-state index in [0.717, 1.165) is 35.4 Å². The molecule has 8 heteroatoms. The summed E-state index contributed by atoms with van der Waals surface area (Å²) in [7, 11) is 1.61. The Morgan fingerprint density at radius 2 is 1.97 bits per heavy atom. The van der Waals surface area contributed by atoms with E-state index >= 15 is 0 Å². The van der Waals surface area contributed by atoms with E-state index in [1.165, 1.54) is 0 Å². The smallest absolute Gasteiger partial charge is 0.307 e. The lowest BCUT2D eigenvalue weighted by molar-refractivity contribution is -0.142. The van der Waals surface area contributed by atoms with E-state index in [4.69, 9.17) is 4.74 Å². The Kier molecular flexibility index (Phi) is 6.49. The second-order valence-electron chi connectivity index (χ2n) is 8.11. The quantitative estimate of drug-likeness (QED) is 0.508. The first-order valence-electron chi connectivity index (χ1n) is 10.6. The lowest BCUT2D eigenvalue weighted by Crippen LogP contribution is -2.24. The molecule has 166 valence electrons. The highest BCUT2D eigenvalue weighted by Gasteiger charge is 2.36. The number of carbonyl (C=O) groups excluding carboxylic acids is 1. The molecule has 1 amide bonds. The third-order valence-corrected chi connectivity index (χ3v) is 5.67. The maximum absolute atomic E-state index is 12.3. The SMILES string of the molecule is COc1cccc(CNC(=O)Cc2ccc(-n3cc(CC(C(=O)O)C4CC4)nn3)cc2)c1. The third kappa shape index (κ3) is 5.51. The number of benzene rings is 2. The molecule has 2 N–H and O–H groups in total. The Bertz CT molecular complexity index is 1090. The van der Waals surface area contributed by atoms with Crippen LogP contribution < -0.4 is 10.1 Å². The van der Waals surface area contributed by atoms with Gasteiger partial charge in [0.1, 0.15) is 5.75 Å². The number of hydrogen-bond donors (Lipinski definition) is 2. The van der Waals surface area contributed by atoms with Crippen LogP contribution >= 0.6 is 0 Å². The highest BCUT2D eigenvalue weighted by atomic mass is 16.5. The average Bonchev–Trinajstić information content (AvgIpc) is 3.53. The monoisotopic (exact) mass is 434 g/mol. The van der Waals surface area contributed by atoms with Gasteiger partial charge in [-0.2, -0.15) is 0 Å². The number of hydrogen-bond acceptors (Lipinski definition) is 5. The largest absolute Gasteiger partial charge is 0.497 e. The molecule has 1 heterocycles. The van der Waals surface area contributed by atoms with Crippen LogP contribution in [0.1, 0.15) is 29.7 Å². The fourth-order valence-electron chi connectivity index (χ4n) is 3.70. The number of nitrogens with one attached hydrogen (secondary N) is 1. The van der Waals surface area contributed by atoms with Crippen molar-refractivity contribution < 1.29 is 19.4 Å². The molecule has 8 nitrogen and oxygen atoms in total. The number of aromatic nitrogens is 3. The standard InChI is InChI=1S/C24H26N4O4/c1-32-21-4-2-3-17(11-21)14-25-23(29)12-16-5-9-20(10-6-16)28-15-19(26-27-28)13-22(24(30)31)18-7-8-18/h2-6,9-11,15,18,22H,7-8,12-14H2,1H3,(H,25,29)(H,30,31). The van der Waals surface area contributed by atoms with E-state index in [2.05, 4.69) is 15.6 Å². The number of ether oxygens (including phenoxy) is 1. The van der Waals surface area contributed by atoms with Crippen LogP contribution in [0.4, 0.5) is 0 Å². The van der Waals surface area contributed by atoms with Crippen molar-refractivity contribution in [1.29, 1.82) is 0 Å². The topological polar surface area (TPSA) is 106 Å². The van der Waals surface area contributed by atoms with E-state index in [-0.39, 0.29) is 18.2 Å². The first-order chi connectivity index (χ1) is 15.5. The highest BCUT2D eigenvalue weighted by Crippen LogP contribution is 2.38. The number of carboxylic acids is 1. The zero-order valence-corrected chi connectivity index (χ0v) is 17.9. The molecule has 1 saturated carbocycles. The summed E-state index contributed by atoms with van der Waals surface area (Å²) in [4.78, 5) is 23.7. The summed E-state index contributed by atoms with van der Waals surface area (Å²) < 4.78 is 6.83. The van der Waals surface area contributed by atoms with Crippen LogP contribution in [0.5, 0.6) is 5.75 Å². The van der Waals surface area contributed by atoms with Gasteiger partial charge < -0.3 is 15.2 Å². The number of rotatable bonds is 10. The fourth-order valence-corrected chi connectivity index (χ4v) is 3.70. The van der Waals surface area contributed by atoms with Gasteiger partial charge in [-0.25, -0.2) is 4.68 Å². The summed E-state index contributed by atoms with van der Waals surface area (Å²) in [6.07, 6.45) is 4.38. The normalized spacial score (nSPS) is 14.0. The molecule has 1 aliphatic carbocycles. The Morgan fingerprint density at radius 1 is 1.19 bits per heavy atom. The zero-order chi connectivity index (χ0) is 22.5. The maximum Gasteiger partial charge on any atom is 0.307 e. The molecule has 0 bridgehead atoms. The molecular formula is C24H26N4O4. The highest BCUT2D eigenvalue weighted by molar-refractivity contribution is 5.78. The molecule has 32 heavy (non-hydrogen) atoms. The number of carbonyl (C=O) groups is 2. The van der Waals surface area contributed by atoms with Crippen LogP contribution in [0.2, 0.25) is 0 Å². The van der Waals surface area contributed by atoms with E-state index in [0.29, 0.717) is 18.7 Å². The van der Waals surface area contributed by atoms with Crippen molar-refractivity contribution in [2.75, 3.05) is 7.11 Å². The molecule has 1 unspecified atom stereocenters. The molecule has 3 aromatic rings. The number of methoxy groups -OCH3 is 1. The van der Waals surface area contributed by atoms with Gasteiger partial charge in [0.25, 0.3) is 0 Å². The van der Waals surface area contributed by atoms with Gasteiger partial charge in [0, 0.05) is 13.0 Å². The molecule has 0 saturated heterocycles. The minimum atomic E-state index is -0.768. The van der Waals surface area contributed by atoms with Crippen LogP contribution in [0.3, 0.4) is 0 Å². The van der Waals surface area contributed by atoms with Crippen LogP contribution in [0.15, 0.2) is 54.7 Å². The number of carboxylic acid groups (broad SMARTS) is 1. The summed E-state index contributed by atoms with van der Waals surface area (Å²) in [5.74, 6) is -0.209. The van der Waals surface area contributed by atoms with Crippen LogP contribution in [-0.4, -0.2) is 39.1 Å². The van der Waals surface area contributed by atoms with Crippen LogP contribution in [0.25, 0.3) is 5.69 Å². The minimum absolute atomic E-state index is 0.0663. The van der Waals surface area contributed by atoms with Gasteiger partial charge in [-0.15, -0.1) is 5.10 Å². The lowest BCUT2D eigenvalue weighted by Gasteiger charge is -2.08. The van der Waals surface area contributed by atoms with Crippen molar-refractivity contribution in [1.82, 2.24) is 20.3 Å².